The molecule has 0 radical (unpaired) electrons. The number of aromatic amines is 1. The minimum Gasteiger partial charge on any atom is -0.384 e. The Kier molecular flexibility index (Phi) is 11.5. The zero-order valence-electron chi connectivity index (χ0n) is 33.8. The molecule has 15 nitrogen and oxygen atoms in total. The smallest absolute Gasteiger partial charge is 0.328 e. The van der Waals surface area contributed by atoms with Gasteiger partial charge in [-0.1, -0.05) is 50.2 Å². The number of fused-ring (bicyclic) bond motifs is 1. The number of imide groups is 1. The molecule has 0 saturated carbocycles. The molecule has 2 saturated heterocycles. The van der Waals surface area contributed by atoms with E-state index >= 15 is 4.39 Å². The lowest BCUT2D eigenvalue weighted by atomic mass is 9.96. The second kappa shape index (κ2) is 17.3. The maximum Gasteiger partial charge on any atom is 0.328 e. The number of nitrogens with one attached hydrogen (secondary N) is 5. The molecule has 60 heavy (non-hydrogen) atoms. The van der Waals surface area contributed by atoms with Gasteiger partial charge in [0.25, 0.3) is 0 Å². The van der Waals surface area contributed by atoms with E-state index in [0.717, 1.165) is 79.3 Å². The third-order valence-corrected chi connectivity index (χ3v) is 10.9. The SMILES string of the molecule is CC(C)(C)c1noc(C(=O)NCc2ccc(-c3ncnc4[nH]c(-c5ccc(NCCNCC6CCN(c7ccc(N8CCC(=O)NC8=O)cc7)CC6)cc5)cc34)cc2F)n1. The van der Waals surface area contributed by atoms with Gasteiger partial charge in [-0.25, -0.2) is 19.2 Å². The highest BCUT2D eigenvalue weighted by molar-refractivity contribution is 6.05. The summed E-state index contributed by atoms with van der Waals surface area (Å²) in [4.78, 5) is 56.7. The Morgan fingerprint density at radius 3 is 2.38 bits per heavy atom. The molecule has 310 valence electrons. The number of aromatic nitrogens is 5. The monoisotopic (exact) mass is 813 g/mol. The van der Waals surface area contributed by atoms with Crippen LogP contribution in [0.3, 0.4) is 0 Å². The number of urea groups is 1. The topological polar surface area (TPSA) is 186 Å². The van der Waals surface area contributed by atoms with Crippen LogP contribution in [0.15, 0.2) is 83.6 Å². The predicted molar refractivity (Wildman–Crippen MR) is 227 cm³/mol. The zero-order valence-corrected chi connectivity index (χ0v) is 33.8. The van der Waals surface area contributed by atoms with E-state index in [-0.39, 0.29) is 29.8 Å². The van der Waals surface area contributed by atoms with Gasteiger partial charge in [-0.2, -0.15) is 4.98 Å². The van der Waals surface area contributed by atoms with E-state index in [9.17, 15) is 14.4 Å². The van der Waals surface area contributed by atoms with Crippen molar-refractivity contribution in [3.63, 3.8) is 0 Å². The molecule has 5 heterocycles. The van der Waals surface area contributed by atoms with Crippen LogP contribution in [-0.2, 0) is 16.8 Å². The third-order valence-electron chi connectivity index (χ3n) is 10.9. The first-order chi connectivity index (χ1) is 29.0. The van der Waals surface area contributed by atoms with Crippen LogP contribution in [0.1, 0.15) is 62.1 Å². The molecule has 2 fully saturated rings. The summed E-state index contributed by atoms with van der Waals surface area (Å²) in [6.45, 7) is 10.7. The lowest BCUT2D eigenvalue weighted by Crippen LogP contribution is -2.49. The van der Waals surface area contributed by atoms with Crippen LogP contribution in [0.2, 0.25) is 0 Å². The summed E-state index contributed by atoms with van der Waals surface area (Å²) in [7, 11) is 0. The number of halogens is 1. The fourth-order valence-corrected chi connectivity index (χ4v) is 7.45. The van der Waals surface area contributed by atoms with Crippen molar-refractivity contribution in [3.05, 3.63) is 102 Å². The van der Waals surface area contributed by atoms with Crippen LogP contribution in [0.25, 0.3) is 33.5 Å². The van der Waals surface area contributed by atoms with E-state index in [0.29, 0.717) is 47.2 Å². The number of H-pyrrole nitrogens is 1. The maximum atomic E-state index is 15.3. The molecule has 0 atom stereocenters. The van der Waals surface area contributed by atoms with Crippen LogP contribution >= 0.6 is 0 Å². The van der Waals surface area contributed by atoms with Crippen LogP contribution in [0.4, 0.5) is 26.2 Å². The average Bonchev–Trinajstić information content (AvgIpc) is 3.93. The Hall–Kier alpha value is -6.68. The van der Waals surface area contributed by atoms with E-state index in [4.69, 9.17) is 4.52 Å². The van der Waals surface area contributed by atoms with Crippen LogP contribution in [0, 0.1) is 11.7 Å². The molecule has 8 rings (SSSR count). The predicted octanol–water partition coefficient (Wildman–Crippen LogP) is 6.41. The van der Waals surface area contributed by atoms with Gasteiger partial charge in [0.2, 0.25) is 5.91 Å². The molecule has 0 bridgehead atoms. The molecule has 5 N–H and O–H groups in total. The standard InChI is InChI=1S/C44H48FN11O4/c1-44(2,3)42-53-41(60-54-42)40(58)48-25-30-5-4-29(22-35(30)45)38-34-23-36(51-39(34)50-26-49-38)28-6-8-31(9-7-28)47-18-17-46-24-27-14-19-55(20-15-27)32-10-12-33(13-11-32)56-21-16-37(57)52-43(56)59/h4-13,22-23,26-27,46-47H,14-21,24-25H2,1-3H3,(H,48,58)(H,49,50,51)(H,52,57,59). The molecule has 16 heteroatoms. The van der Waals surface area contributed by atoms with E-state index in [1.807, 2.05) is 63.2 Å². The first-order valence-corrected chi connectivity index (χ1v) is 20.2. The van der Waals surface area contributed by atoms with Gasteiger partial charge in [-0.15, -0.1) is 0 Å². The lowest BCUT2D eigenvalue weighted by Gasteiger charge is -2.34. The molecule has 2 aliphatic rings. The van der Waals surface area contributed by atoms with Crippen LogP contribution in [0.5, 0.6) is 0 Å². The van der Waals surface area contributed by atoms with E-state index < -0.39 is 11.7 Å². The molecule has 4 amide bonds. The van der Waals surface area contributed by atoms with E-state index in [1.165, 1.54) is 12.4 Å². The van der Waals surface area contributed by atoms with Gasteiger partial charge in [-0.05, 0) is 79.4 Å². The summed E-state index contributed by atoms with van der Waals surface area (Å²) in [6.07, 6.45) is 3.98. The van der Waals surface area contributed by atoms with Crippen molar-refractivity contribution in [3.8, 4) is 22.5 Å². The molecular formula is C44H48FN11O4. The van der Waals surface area contributed by atoms with Crippen molar-refractivity contribution in [1.82, 2.24) is 41.0 Å². The van der Waals surface area contributed by atoms with Crippen LogP contribution in [-0.4, -0.2) is 82.2 Å². The van der Waals surface area contributed by atoms with Crippen molar-refractivity contribution in [1.29, 1.82) is 0 Å². The van der Waals surface area contributed by atoms with Crippen molar-refractivity contribution in [2.75, 3.05) is 54.4 Å². The van der Waals surface area contributed by atoms with Crippen molar-refractivity contribution < 1.29 is 23.3 Å². The first-order valence-electron chi connectivity index (χ1n) is 20.2. The Bertz CT molecular complexity index is 2490. The number of carbonyl (C=O) groups excluding carboxylic acids is 3. The Morgan fingerprint density at radius 1 is 0.917 bits per heavy atom. The second-order valence-electron chi connectivity index (χ2n) is 16.2. The third kappa shape index (κ3) is 9.13. The van der Waals surface area contributed by atoms with Gasteiger partial charge >= 0.3 is 17.8 Å². The summed E-state index contributed by atoms with van der Waals surface area (Å²) < 4.78 is 20.4. The molecule has 3 aromatic heterocycles. The Labute approximate surface area is 346 Å². The summed E-state index contributed by atoms with van der Waals surface area (Å²) in [6, 6.07) is 22.6. The van der Waals surface area contributed by atoms with Gasteiger partial charge in [0.05, 0.1) is 5.69 Å². The first kappa shape index (κ1) is 40.1. The number of anilines is 3. The highest BCUT2D eigenvalue weighted by Gasteiger charge is 2.26. The number of carbonyl (C=O) groups is 3. The normalized spacial score (nSPS) is 15.1. The van der Waals surface area contributed by atoms with Gasteiger partial charge in [0.15, 0.2) is 5.82 Å². The van der Waals surface area contributed by atoms with Crippen molar-refractivity contribution in [2.24, 2.45) is 5.92 Å². The molecule has 0 spiro atoms. The van der Waals surface area contributed by atoms with Gasteiger partial charge in [0, 0.05) is 90.4 Å². The van der Waals surface area contributed by atoms with Gasteiger partial charge in [0.1, 0.15) is 17.8 Å². The number of piperidine rings is 1. The maximum absolute atomic E-state index is 15.3. The fraction of sp³-hybridized carbons (Fsp3) is 0.341. The Balaban J connectivity index is 0.785. The van der Waals surface area contributed by atoms with Gasteiger partial charge in [-0.3, -0.25) is 19.8 Å². The Morgan fingerprint density at radius 2 is 1.67 bits per heavy atom. The summed E-state index contributed by atoms with van der Waals surface area (Å²) >= 11 is 0. The van der Waals surface area contributed by atoms with Crippen molar-refractivity contribution in [2.45, 2.75) is 52.0 Å². The number of hydrogen-bond acceptors (Lipinski definition) is 11. The molecular weight excluding hydrogens is 766 g/mol. The largest absolute Gasteiger partial charge is 0.384 e. The number of hydrogen-bond donors (Lipinski definition) is 5. The molecule has 0 aliphatic carbocycles. The quantitative estimate of drug-likeness (QED) is 0.0812. The average molecular weight is 814 g/mol. The van der Waals surface area contributed by atoms with Crippen molar-refractivity contribution >= 4 is 45.9 Å². The molecule has 6 aromatic rings. The van der Waals surface area contributed by atoms with Crippen LogP contribution < -0.4 is 31.1 Å². The fourth-order valence-electron chi connectivity index (χ4n) is 7.45. The van der Waals surface area contributed by atoms with Gasteiger partial charge < -0.3 is 30.4 Å². The number of amides is 4. The summed E-state index contributed by atoms with van der Waals surface area (Å²) in [5.41, 5.74) is 6.54. The van der Waals surface area contributed by atoms with E-state index in [2.05, 4.69) is 63.4 Å². The number of rotatable bonds is 13. The lowest BCUT2D eigenvalue weighted by molar-refractivity contribution is -0.120. The zero-order chi connectivity index (χ0) is 41.8. The molecule has 3 aromatic carbocycles. The highest BCUT2D eigenvalue weighted by atomic mass is 19.1. The summed E-state index contributed by atoms with van der Waals surface area (Å²) in [5, 5.41) is 16.8. The second-order valence-corrected chi connectivity index (χ2v) is 16.2. The summed E-state index contributed by atoms with van der Waals surface area (Å²) in [5.74, 6) is -0.432. The molecule has 2 aliphatic heterocycles. The minimum absolute atomic E-state index is 0.0537. The number of benzene rings is 3. The van der Waals surface area contributed by atoms with E-state index in [1.54, 1.807) is 17.0 Å². The number of nitrogens with zero attached hydrogens (tertiary/aromatic N) is 6. The highest BCUT2D eigenvalue weighted by Crippen LogP contribution is 2.32. The minimum atomic E-state index is -0.575. The molecule has 0 unspecified atom stereocenters.